The van der Waals surface area contributed by atoms with Crippen molar-refractivity contribution in [1.29, 1.82) is 0 Å². The van der Waals surface area contributed by atoms with E-state index in [1.54, 1.807) is 0 Å². The third kappa shape index (κ3) is 5.73. The van der Waals surface area contributed by atoms with Crippen LogP contribution in [-0.2, 0) is 6.42 Å². The monoisotopic (exact) mass is 769 g/mol. The zero-order valence-corrected chi connectivity index (χ0v) is 33.8. The first-order valence-corrected chi connectivity index (χ1v) is 21.1. The first-order chi connectivity index (χ1) is 29.8. The van der Waals surface area contributed by atoms with E-state index in [0.29, 0.717) is 0 Å². The molecule has 2 heterocycles. The molecule has 3 nitrogen and oxygen atoms in total. The highest BCUT2D eigenvalue weighted by Crippen LogP contribution is 2.43. The lowest BCUT2D eigenvalue weighted by atomic mass is 10.0. The summed E-state index contributed by atoms with van der Waals surface area (Å²) >= 11 is 0. The lowest BCUT2D eigenvalue weighted by molar-refractivity contribution is 1.13. The highest BCUT2D eigenvalue weighted by atomic mass is 15.1. The fourth-order valence-corrected chi connectivity index (χ4v) is 9.48. The molecule has 12 rings (SSSR count). The van der Waals surface area contributed by atoms with E-state index in [4.69, 9.17) is 0 Å². The van der Waals surface area contributed by atoms with Crippen LogP contribution in [-0.4, -0.2) is 9.13 Å². The van der Waals surface area contributed by atoms with Gasteiger partial charge in [-0.1, -0.05) is 141 Å². The number of aromatic nitrogens is 2. The summed E-state index contributed by atoms with van der Waals surface area (Å²) in [4.78, 5) is 2.37. The molecule has 0 radical (unpaired) electrons. The second kappa shape index (κ2) is 14.6. The Labute approximate surface area is 350 Å². The summed E-state index contributed by atoms with van der Waals surface area (Å²) in [7, 11) is 0. The third-order valence-corrected chi connectivity index (χ3v) is 12.1. The fraction of sp³-hybridized carbons (Fsp3) is 0.0526. The maximum Gasteiger partial charge on any atom is 0.0541 e. The van der Waals surface area contributed by atoms with Crippen LogP contribution in [0.15, 0.2) is 212 Å². The van der Waals surface area contributed by atoms with Crippen LogP contribution in [0.25, 0.3) is 77.2 Å². The molecule has 2 aromatic heterocycles. The number of para-hydroxylation sites is 4. The molecule has 0 fully saturated rings. The van der Waals surface area contributed by atoms with E-state index in [-0.39, 0.29) is 0 Å². The van der Waals surface area contributed by atoms with Crippen LogP contribution in [0.5, 0.6) is 0 Å². The van der Waals surface area contributed by atoms with Gasteiger partial charge < -0.3 is 14.0 Å². The molecule has 0 N–H and O–H groups in total. The Morgan fingerprint density at radius 2 is 0.833 bits per heavy atom. The van der Waals surface area contributed by atoms with Crippen molar-refractivity contribution in [3.8, 4) is 33.6 Å². The number of benzene rings is 9. The van der Waals surface area contributed by atoms with Gasteiger partial charge in [-0.25, -0.2) is 0 Å². The Kier molecular flexibility index (Phi) is 8.67. The van der Waals surface area contributed by atoms with Gasteiger partial charge in [0.15, 0.2) is 0 Å². The lowest BCUT2D eigenvalue weighted by Gasteiger charge is -2.26. The van der Waals surface area contributed by atoms with E-state index in [1.807, 2.05) is 13.8 Å². The van der Waals surface area contributed by atoms with Crippen LogP contribution in [0.1, 0.15) is 25.0 Å². The van der Waals surface area contributed by atoms with Gasteiger partial charge in [0.25, 0.3) is 0 Å². The summed E-state index contributed by atoms with van der Waals surface area (Å²) in [6.45, 7) is 4.00. The molecule has 0 unspecified atom stereocenters. The zero-order valence-electron chi connectivity index (χ0n) is 33.8. The van der Waals surface area contributed by atoms with Crippen molar-refractivity contribution in [3.05, 3.63) is 223 Å². The zero-order chi connectivity index (χ0) is 40.2. The van der Waals surface area contributed by atoms with E-state index >= 15 is 0 Å². The standard InChI is InChI=1S/C55H37N3.C2H6/c1-2-14-41(15-3-1)56(45-31-27-40-33-39-13-4-5-18-46(39)50(40)36-45)42-29-25-37(26-30-42)38-28-32-55-51(34-38)49-21-8-11-24-54(49)58(55)44-17-12-16-43(35-44)57-52-22-9-6-19-47(52)48-20-7-10-23-53(48)57;1-2/h1-32,34-36H,33H2;1-2H3. The molecule has 0 saturated carbocycles. The summed E-state index contributed by atoms with van der Waals surface area (Å²) < 4.78 is 4.81. The number of rotatable bonds is 6. The molecule has 3 heteroatoms. The van der Waals surface area contributed by atoms with Crippen molar-refractivity contribution >= 4 is 60.7 Å². The molecular formula is C57H43N3. The Morgan fingerprint density at radius 3 is 1.50 bits per heavy atom. The van der Waals surface area contributed by atoms with E-state index in [1.165, 1.54) is 77.0 Å². The molecule has 60 heavy (non-hydrogen) atoms. The van der Waals surface area contributed by atoms with Crippen LogP contribution in [0, 0.1) is 0 Å². The Hall–Kier alpha value is -7.62. The van der Waals surface area contributed by atoms with Crippen molar-refractivity contribution in [3.63, 3.8) is 0 Å². The van der Waals surface area contributed by atoms with Crippen LogP contribution in [0.4, 0.5) is 17.1 Å². The molecule has 0 amide bonds. The maximum atomic E-state index is 2.42. The fourth-order valence-electron chi connectivity index (χ4n) is 9.48. The van der Waals surface area contributed by atoms with Crippen molar-refractivity contribution in [2.75, 3.05) is 4.90 Å². The molecule has 0 aliphatic heterocycles. The van der Waals surface area contributed by atoms with Crippen molar-refractivity contribution < 1.29 is 0 Å². The summed E-state index contributed by atoms with van der Waals surface area (Å²) in [6.07, 6.45) is 0.990. The molecule has 9 aromatic carbocycles. The van der Waals surface area contributed by atoms with Crippen LogP contribution in [0.3, 0.4) is 0 Å². The van der Waals surface area contributed by atoms with Gasteiger partial charge in [-0.05, 0) is 125 Å². The normalized spacial score (nSPS) is 11.8. The van der Waals surface area contributed by atoms with Crippen LogP contribution in [0.2, 0.25) is 0 Å². The minimum atomic E-state index is 0.990. The predicted molar refractivity (Wildman–Crippen MR) is 255 cm³/mol. The van der Waals surface area contributed by atoms with E-state index in [0.717, 1.165) is 34.9 Å². The van der Waals surface area contributed by atoms with Gasteiger partial charge in [0.2, 0.25) is 0 Å². The van der Waals surface area contributed by atoms with Crippen LogP contribution < -0.4 is 4.90 Å². The van der Waals surface area contributed by atoms with Gasteiger partial charge in [-0.15, -0.1) is 0 Å². The van der Waals surface area contributed by atoms with Gasteiger partial charge in [0, 0.05) is 50.0 Å². The molecule has 0 bridgehead atoms. The Morgan fingerprint density at radius 1 is 0.333 bits per heavy atom. The number of nitrogens with zero attached hydrogens (tertiary/aromatic N) is 3. The van der Waals surface area contributed by atoms with Crippen LogP contribution >= 0.6 is 0 Å². The average molecular weight is 770 g/mol. The van der Waals surface area contributed by atoms with E-state index < -0.39 is 0 Å². The minimum Gasteiger partial charge on any atom is -0.310 e. The summed E-state index contributed by atoms with van der Waals surface area (Å²) in [6, 6.07) is 77.6. The molecule has 0 saturated heterocycles. The van der Waals surface area contributed by atoms with Crippen molar-refractivity contribution in [2.24, 2.45) is 0 Å². The van der Waals surface area contributed by atoms with E-state index in [9.17, 15) is 0 Å². The summed E-state index contributed by atoms with van der Waals surface area (Å²) in [5.74, 6) is 0. The molecule has 1 aliphatic rings. The second-order valence-corrected chi connectivity index (χ2v) is 15.4. The highest BCUT2D eigenvalue weighted by Gasteiger charge is 2.21. The number of hydrogen-bond acceptors (Lipinski definition) is 1. The van der Waals surface area contributed by atoms with Crippen molar-refractivity contribution in [2.45, 2.75) is 20.3 Å². The maximum absolute atomic E-state index is 2.42. The number of anilines is 3. The largest absolute Gasteiger partial charge is 0.310 e. The summed E-state index contributed by atoms with van der Waals surface area (Å²) in [5.41, 5.74) is 18.4. The second-order valence-electron chi connectivity index (χ2n) is 15.4. The molecular weight excluding hydrogens is 727 g/mol. The van der Waals surface area contributed by atoms with Crippen molar-refractivity contribution in [1.82, 2.24) is 9.13 Å². The Balaban J connectivity index is 0.00000201. The first kappa shape index (κ1) is 35.5. The lowest BCUT2D eigenvalue weighted by Crippen LogP contribution is -2.10. The topological polar surface area (TPSA) is 13.1 Å². The first-order valence-electron chi connectivity index (χ1n) is 21.1. The predicted octanol–water partition coefficient (Wildman–Crippen LogP) is 15.6. The molecule has 0 spiro atoms. The smallest absolute Gasteiger partial charge is 0.0541 e. The van der Waals surface area contributed by atoms with Gasteiger partial charge in [-0.3, -0.25) is 0 Å². The SMILES string of the molecule is CC.c1ccc(N(c2ccc(-c3ccc4c(c3)c3ccccc3n4-c3cccc(-n4c5ccccc5c5ccccc54)c3)cc2)c2ccc3c(c2)-c2ccccc2C3)cc1. The van der Waals surface area contributed by atoms with Gasteiger partial charge in [0.05, 0.1) is 22.1 Å². The Bertz CT molecular complexity index is 3310. The van der Waals surface area contributed by atoms with Gasteiger partial charge >= 0.3 is 0 Å². The molecule has 0 atom stereocenters. The van der Waals surface area contributed by atoms with E-state index in [2.05, 4.69) is 226 Å². The third-order valence-electron chi connectivity index (χ3n) is 12.1. The van der Waals surface area contributed by atoms with Gasteiger partial charge in [-0.2, -0.15) is 0 Å². The van der Waals surface area contributed by atoms with Gasteiger partial charge in [0.1, 0.15) is 0 Å². The average Bonchev–Trinajstić information content (AvgIpc) is 3.98. The molecule has 1 aliphatic carbocycles. The molecule has 286 valence electrons. The quantitative estimate of drug-likeness (QED) is 0.164. The highest BCUT2D eigenvalue weighted by molar-refractivity contribution is 6.11. The summed E-state index contributed by atoms with van der Waals surface area (Å²) in [5, 5.41) is 5.02. The molecule has 11 aromatic rings. The minimum absolute atomic E-state index is 0.990. The number of fused-ring (bicyclic) bond motifs is 9. The number of hydrogen-bond donors (Lipinski definition) is 0.